The second kappa shape index (κ2) is 7.26. The number of nitrogens with zero attached hydrogens (tertiary/aromatic N) is 1. The fourth-order valence-electron chi connectivity index (χ4n) is 4.32. The first-order valence-electron chi connectivity index (χ1n) is 9.11. The van der Waals surface area contributed by atoms with Crippen LogP contribution in [0.2, 0.25) is 0 Å². The Morgan fingerprint density at radius 1 is 1.20 bits per heavy atom. The van der Waals surface area contributed by atoms with E-state index >= 15 is 0 Å². The molecule has 118 valence electrons. The molecule has 0 amide bonds. The van der Waals surface area contributed by atoms with Crippen molar-refractivity contribution in [3.8, 4) is 0 Å². The van der Waals surface area contributed by atoms with Crippen LogP contribution in [0.25, 0.3) is 0 Å². The molecule has 0 aromatic carbocycles. The molecule has 3 atom stereocenters. The molecule has 1 N–H and O–H groups in total. The molecular formula is C18H36N2. The van der Waals surface area contributed by atoms with Gasteiger partial charge in [0.2, 0.25) is 0 Å². The third-order valence-corrected chi connectivity index (χ3v) is 6.32. The molecule has 2 nitrogen and oxygen atoms in total. The molecule has 1 aliphatic heterocycles. The molecule has 1 saturated carbocycles. The molecule has 1 aliphatic carbocycles. The molecule has 2 rings (SSSR count). The number of nitrogens with one attached hydrogen (secondary N) is 1. The summed E-state index contributed by atoms with van der Waals surface area (Å²) in [6.07, 6.45) is 9.83. The van der Waals surface area contributed by atoms with E-state index in [0.29, 0.717) is 11.5 Å². The molecule has 0 bridgehead atoms. The van der Waals surface area contributed by atoms with Crippen LogP contribution in [0, 0.1) is 11.3 Å². The van der Waals surface area contributed by atoms with Gasteiger partial charge in [0.15, 0.2) is 0 Å². The van der Waals surface area contributed by atoms with E-state index < -0.39 is 0 Å². The highest BCUT2D eigenvalue weighted by molar-refractivity contribution is 4.93. The molecule has 0 aromatic rings. The minimum Gasteiger partial charge on any atom is -0.311 e. The Morgan fingerprint density at radius 2 is 1.90 bits per heavy atom. The Balaban J connectivity index is 2.01. The Labute approximate surface area is 126 Å². The third kappa shape index (κ3) is 3.57. The SMILES string of the molecule is CCC(C)C1CN(CC2(CC)CCCC2)C(CC)CN1. The lowest BCUT2D eigenvalue weighted by atomic mass is 9.81. The van der Waals surface area contributed by atoms with Crippen molar-refractivity contribution in [1.82, 2.24) is 10.2 Å². The molecule has 2 aliphatic rings. The van der Waals surface area contributed by atoms with Crippen molar-refractivity contribution in [3.63, 3.8) is 0 Å². The fraction of sp³-hybridized carbons (Fsp3) is 1.00. The first-order valence-corrected chi connectivity index (χ1v) is 9.11. The minimum atomic E-state index is 0.644. The van der Waals surface area contributed by atoms with E-state index in [9.17, 15) is 0 Å². The molecule has 2 heteroatoms. The molecule has 20 heavy (non-hydrogen) atoms. The van der Waals surface area contributed by atoms with Gasteiger partial charge >= 0.3 is 0 Å². The van der Waals surface area contributed by atoms with Crippen molar-refractivity contribution in [2.45, 2.75) is 84.7 Å². The largest absolute Gasteiger partial charge is 0.311 e. The molecule has 0 aromatic heterocycles. The highest BCUT2D eigenvalue weighted by Crippen LogP contribution is 2.42. The highest BCUT2D eigenvalue weighted by Gasteiger charge is 2.37. The van der Waals surface area contributed by atoms with Gasteiger partial charge < -0.3 is 5.32 Å². The van der Waals surface area contributed by atoms with Crippen molar-refractivity contribution < 1.29 is 0 Å². The monoisotopic (exact) mass is 280 g/mol. The van der Waals surface area contributed by atoms with Gasteiger partial charge in [-0.1, -0.05) is 47.0 Å². The molecule has 0 spiro atoms. The lowest BCUT2D eigenvalue weighted by Gasteiger charge is -2.46. The summed E-state index contributed by atoms with van der Waals surface area (Å²) in [7, 11) is 0. The standard InChI is InChI=1S/C18H36N2/c1-5-15(4)17-13-20(16(6-2)12-19-17)14-18(7-3)10-8-9-11-18/h15-17,19H,5-14H2,1-4H3. The van der Waals surface area contributed by atoms with E-state index in [-0.39, 0.29) is 0 Å². The fourth-order valence-corrected chi connectivity index (χ4v) is 4.32. The Hall–Kier alpha value is -0.0800. The second-order valence-electron chi connectivity index (χ2n) is 7.45. The van der Waals surface area contributed by atoms with Gasteiger partial charge in [-0.25, -0.2) is 0 Å². The zero-order valence-electron chi connectivity index (χ0n) is 14.3. The van der Waals surface area contributed by atoms with Gasteiger partial charge in [-0.2, -0.15) is 0 Å². The van der Waals surface area contributed by atoms with E-state index in [2.05, 4.69) is 37.9 Å². The number of rotatable bonds is 6. The lowest BCUT2D eigenvalue weighted by molar-refractivity contribution is 0.0559. The molecule has 0 radical (unpaired) electrons. The van der Waals surface area contributed by atoms with Crippen molar-refractivity contribution in [2.24, 2.45) is 11.3 Å². The molecular weight excluding hydrogens is 244 g/mol. The first-order chi connectivity index (χ1) is 9.64. The topological polar surface area (TPSA) is 15.3 Å². The summed E-state index contributed by atoms with van der Waals surface area (Å²) >= 11 is 0. The van der Waals surface area contributed by atoms with Gasteiger partial charge in [-0.3, -0.25) is 4.90 Å². The number of hydrogen-bond donors (Lipinski definition) is 1. The van der Waals surface area contributed by atoms with Crippen LogP contribution in [0.15, 0.2) is 0 Å². The van der Waals surface area contributed by atoms with Crippen LogP contribution in [0.3, 0.4) is 0 Å². The van der Waals surface area contributed by atoms with Crippen molar-refractivity contribution in [2.75, 3.05) is 19.6 Å². The average Bonchev–Trinajstić information content (AvgIpc) is 2.95. The van der Waals surface area contributed by atoms with Crippen LogP contribution in [0.5, 0.6) is 0 Å². The lowest BCUT2D eigenvalue weighted by Crippen LogP contribution is -2.59. The van der Waals surface area contributed by atoms with Crippen LogP contribution in [0.1, 0.15) is 72.6 Å². The maximum Gasteiger partial charge on any atom is 0.0221 e. The Bertz CT molecular complexity index is 283. The van der Waals surface area contributed by atoms with Gasteiger partial charge in [-0.15, -0.1) is 0 Å². The van der Waals surface area contributed by atoms with Crippen molar-refractivity contribution >= 4 is 0 Å². The predicted octanol–water partition coefficient (Wildman–Crippen LogP) is 4.06. The summed E-state index contributed by atoms with van der Waals surface area (Å²) in [5, 5.41) is 3.81. The average molecular weight is 280 g/mol. The summed E-state index contributed by atoms with van der Waals surface area (Å²) in [4.78, 5) is 2.85. The maximum atomic E-state index is 3.81. The van der Waals surface area contributed by atoms with Crippen molar-refractivity contribution in [3.05, 3.63) is 0 Å². The molecule has 2 fully saturated rings. The summed E-state index contributed by atoms with van der Waals surface area (Å²) < 4.78 is 0. The predicted molar refractivity (Wildman–Crippen MR) is 88.1 cm³/mol. The zero-order valence-corrected chi connectivity index (χ0v) is 14.3. The normalized spacial score (nSPS) is 32.4. The number of hydrogen-bond acceptors (Lipinski definition) is 2. The van der Waals surface area contributed by atoms with E-state index in [0.717, 1.165) is 12.0 Å². The van der Waals surface area contributed by atoms with E-state index in [1.165, 1.54) is 64.6 Å². The van der Waals surface area contributed by atoms with Gasteiger partial charge in [-0.05, 0) is 37.0 Å². The Morgan fingerprint density at radius 3 is 2.45 bits per heavy atom. The minimum absolute atomic E-state index is 0.644. The highest BCUT2D eigenvalue weighted by atomic mass is 15.2. The number of piperazine rings is 1. The van der Waals surface area contributed by atoms with Gasteiger partial charge in [0.1, 0.15) is 0 Å². The van der Waals surface area contributed by atoms with Gasteiger partial charge in [0.25, 0.3) is 0 Å². The molecule has 1 saturated heterocycles. The van der Waals surface area contributed by atoms with Crippen molar-refractivity contribution in [1.29, 1.82) is 0 Å². The van der Waals surface area contributed by atoms with E-state index in [1.807, 2.05) is 0 Å². The second-order valence-corrected chi connectivity index (χ2v) is 7.45. The molecule has 1 heterocycles. The van der Waals surface area contributed by atoms with Crippen LogP contribution in [0.4, 0.5) is 0 Å². The van der Waals surface area contributed by atoms with E-state index in [4.69, 9.17) is 0 Å². The van der Waals surface area contributed by atoms with Gasteiger partial charge in [0, 0.05) is 31.7 Å². The first kappa shape index (κ1) is 16.3. The summed E-state index contributed by atoms with van der Waals surface area (Å²) in [6, 6.07) is 1.47. The summed E-state index contributed by atoms with van der Waals surface area (Å²) in [5.74, 6) is 0.802. The quantitative estimate of drug-likeness (QED) is 0.789. The maximum absolute atomic E-state index is 3.81. The van der Waals surface area contributed by atoms with Crippen LogP contribution in [-0.2, 0) is 0 Å². The van der Waals surface area contributed by atoms with Crippen LogP contribution >= 0.6 is 0 Å². The molecule has 3 unspecified atom stereocenters. The third-order valence-electron chi connectivity index (χ3n) is 6.32. The zero-order chi connectivity index (χ0) is 14.6. The van der Waals surface area contributed by atoms with Gasteiger partial charge in [0.05, 0.1) is 0 Å². The van der Waals surface area contributed by atoms with Crippen LogP contribution < -0.4 is 5.32 Å². The van der Waals surface area contributed by atoms with E-state index in [1.54, 1.807) is 0 Å². The Kier molecular flexibility index (Phi) is 5.92. The summed E-state index contributed by atoms with van der Waals surface area (Å²) in [5.41, 5.74) is 0.644. The smallest absolute Gasteiger partial charge is 0.0221 e. The summed E-state index contributed by atoms with van der Waals surface area (Å²) in [6.45, 7) is 13.3. The van der Waals surface area contributed by atoms with Crippen LogP contribution in [-0.4, -0.2) is 36.6 Å².